The summed E-state index contributed by atoms with van der Waals surface area (Å²) in [5, 5.41) is 11.4. The van der Waals surface area contributed by atoms with Gasteiger partial charge in [0, 0.05) is 13.1 Å². The first-order chi connectivity index (χ1) is 8.24. The number of aromatic nitrogens is 2. The molecule has 0 amide bonds. The molecule has 1 N–H and O–H groups in total. The molecule has 0 radical (unpaired) electrons. The minimum atomic E-state index is 0.649. The van der Waals surface area contributed by atoms with Crippen LogP contribution in [-0.4, -0.2) is 41.3 Å². The monoisotopic (exact) mass is 234 g/mol. The predicted molar refractivity (Wildman–Crippen MR) is 70.1 cm³/mol. The molecule has 1 aromatic rings. The number of hydrogen-bond donors (Lipinski definition) is 1. The maximum atomic E-state index is 4.07. The highest BCUT2D eigenvalue weighted by atomic mass is 15.2. The van der Waals surface area contributed by atoms with Gasteiger partial charge in [0.05, 0.1) is 6.20 Å². The third kappa shape index (κ3) is 3.97. The normalized spacial score (nSPS) is 18.2. The Morgan fingerprint density at radius 1 is 1.41 bits per heavy atom. The molecule has 1 aliphatic rings. The second-order valence-corrected chi connectivity index (χ2v) is 5.11. The molecule has 1 unspecified atom stereocenters. The summed E-state index contributed by atoms with van der Waals surface area (Å²) in [5.74, 6) is 1.54. The summed E-state index contributed by atoms with van der Waals surface area (Å²) in [4.78, 5) is 2.55. The van der Waals surface area contributed by atoms with Crippen LogP contribution in [0.2, 0.25) is 0 Å². The van der Waals surface area contributed by atoms with Crippen molar-refractivity contribution in [2.75, 3.05) is 31.5 Å². The Kier molecular flexibility index (Phi) is 4.31. The van der Waals surface area contributed by atoms with Gasteiger partial charge in [0.2, 0.25) is 0 Å². The van der Waals surface area contributed by atoms with Crippen molar-refractivity contribution in [2.24, 2.45) is 5.92 Å². The Bertz CT molecular complexity index is 347. The van der Waals surface area contributed by atoms with Gasteiger partial charge < -0.3 is 10.2 Å². The van der Waals surface area contributed by atoms with Gasteiger partial charge in [-0.1, -0.05) is 6.92 Å². The summed E-state index contributed by atoms with van der Waals surface area (Å²) >= 11 is 0. The van der Waals surface area contributed by atoms with Gasteiger partial charge in [-0.05, 0) is 50.4 Å². The molecule has 1 fully saturated rings. The Morgan fingerprint density at radius 3 is 2.88 bits per heavy atom. The minimum Gasteiger partial charge on any atom is -0.368 e. The highest BCUT2D eigenvalue weighted by Gasteiger charge is 2.14. The Hall–Kier alpha value is -1.16. The fourth-order valence-corrected chi connectivity index (χ4v) is 2.30. The number of hydrogen-bond acceptors (Lipinski definition) is 4. The van der Waals surface area contributed by atoms with E-state index in [9.17, 15) is 0 Å². The molecule has 4 heteroatoms. The molecule has 0 spiro atoms. The van der Waals surface area contributed by atoms with Crippen LogP contribution in [0.15, 0.2) is 12.3 Å². The lowest BCUT2D eigenvalue weighted by Gasteiger charge is -2.20. The van der Waals surface area contributed by atoms with Gasteiger partial charge in [-0.15, -0.1) is 5.10 Å². The average molecular weight is 234 g/mol. The predicted octanol–water partition coefficient (Wildman–Crippen LogP) is 1.93. The Labute approximate surface area is 103 Å². The van der Waals surface area contributed by atoms with Crippen molar-refractivity contribution >= 4 is 5.82 Å². The fourth-order valence-electron chi connectivity index (χ4n) is 2.30. The van der Waals surface area contributed by atoms with E-state index in [0.717, 1.165) is 17.9 Å². The lowest BCUT2D eigenvalue weighted by Crippen LogP contribution is -2.29. The highest BCUT2D eigenvalue weighted by Crippen LogP contribution is 2.11. The lowest BCUT2D eigenvalue weighted by atomic mass is 10.1. The van der Waals surface area contributed by atoms with Gasteiger partial charge in [0.15, 0.2) is 0 Å². The largest absolute Gasteiger partial charge is 0.368 e. The van der Waals surface area contributed by atoms with E-state index < -0.39 is 0 Å². The maximum absolute atomic E-state index is 4.07. The second kappa shape index (κ2) is 5.96. The van der Waals surface area contributed by atoms with Crippen LogP contribution >= 0.6 is 0 Å². The van der Waals surface area contributed by atoms with Gasteiger partial charge in [0.1, 0.15) is 5.82 Å². The van der Waals surface area contributed by atoms with Gasteiger partial charge in [0.25, 0.3) is 0 Å². The van der Waals surface area contributed by atoms with E-state index >= 15 is 0 Å². The standard InChI is InChI=1S/C13H22N4/c1-11-7-13(16-15-9-11)14-8-12(2)10-17-5-3-4-6-17/h7,9,12H,3-6,8,10H2,1-2H3,(H,14,16). The molecule has 1 aliphatic heterocycles. The van der Waals surface area contributed by atoms with Gasteiger partial charge in [-0.2, -0.15) is 5.10 Å². The quantitative estimate of drug-likeness (QED) is 0.845. The summed E-state index contributed by atoms with van der Waals surface area (Å²) in [5.41, 5.74) is 1.15. The molecule has 1 aromatic heterocycles. The van der Waals surface area contributed by atoms with Gasteiger partial charge in [-0.3, -0.25) is 0 Å². The zero-order chi connectivity index (χ0) is 12.1. The second-order valence-electron chi connectivity index (χ2n) is 5.11. The number of nitrogens with zero attached hydrogens (tertiary/aromatic N) is 3. The first-order valence-electron chi connectivity index (χ1n) is 6.49. The van der Waals surface area contributed by atoms with Crippen molar-refractivity contribution in [1.82, 2.24) is 15.1 Å². The van der Waals surface area contributed by atoms with E-state index in [0.29, 0.717) is 5.92 Å². The molecule has 0 aromatic carbocycles. The first-order valence-corrected chi connectivity index (χ1v) is 6.49. The van der Waals surface area contributed by atoms with Crippen LogP contribution in [0.5, 0.6) is 0 Å². The van der Waals surface area contributed by atoms with E-state index in [1.165, 1.54) is 32.5 Å². The number of anilines is 1. The summed E-state index contributed by atoms with van der Waals surface area (Å²) in [7, 11) is 0. The van der Waals surface area contributed by atoms with Crippen molar-refractivity contribution in [2.45, 2.75) is 26.7 Å². The van der Waals surface area contributed by atoms with Gasteiger partial charge in [-0.25, -0.2) is 0 Å². The van der Waals surface area contributed by atoms with Crippen molar-refractivity contribution in [3.8, 4) is 0 Å². The summed E-state index contributed by atoms with van der Waals surface area (Å²) < 4.78 is 0. The van der Waals surface area contributed by atoms with Crippen LogP contribution in [0, 0.1) is 12.8 Å². The van der Waals surface area contributed by atoms with Crippen LogP contribution in [0.1, 0.15) is 25.3 Å². The highest BCUT2D eigenvalue weighted by molar-refractivity contribution is 5.34. The van der Waals surface area contributed by atoms with Crippen LogP contribution in [0.25, 0.3) is 0 Å². The molecule has 2 heterocycles. The maximum Gasteiger partial charge on any atom is 0.148 e. The van der Waals surface area contributed by atoms with Crippen LogP contribution in [0.3, 0.4) is 0 Å². The van der Waals surface area contributed by atoms with Gasteiger partial charge >= 0.3 is 0 Å². The molecule has 94 valence electrons. The van der Waals surface area contributed by atoms with Crippen LogP contribution in [0.4, 0.5) is 5.82 Å². The van der Waals surface area contributed by atoms with E-state index in [2.05, 4.69) is 27.3 Å². The summed E-state index contributed by atoms with van der Waals surface area (Å²) in [6.45, 7) is 9.02. The summed E-state index contributed by atoms with van der Waals surface area (Å²) in [6, 6.07) is 2.04. The lowest BCUT2D eigenvalue weighted by molar-refractivity contribution is 0.294. The smallest absolute Gasteiger partial charge is 0.148 e. The van der Waals surface area contributed by atoms with Crippen molar-refractivity contribution in [1.29, 1.82) is 0 Å². The first kappa shape index (κ1) is 12.3. The molecule has 17 heavy (non-hydrogen) atoms. The topological polar surface area (TPSA) is 41.1 Å². The van der Waals surface area contributed by atoms with E-state index in [-0.39, 0.29) is 0 Å². The molecule has 0 aliphatic carbocycles. The zero-order valence-electron chi connectivity index (χ0n) is 10.8. The minimum absolute atomic E-state index is 0.649. The molecular formula is C13H22N4. The van der Waals surface area contributed by atoms with Crippen molar-refractivity contribution in [3.63, 3.8) is 0 Å². The number of nitrogens with one attached hydrogen (secondary N) is 1. The average Bonchev–Trinajstić information content (AvgIpc) is 2.79. The number of rotatable bonds is 5. The summed E-state index contributed by atoms with van der Waals surface area (Å²) in [6.07, 6.45) is 4.51. The molecular weight excluding hydrogens is 212 g/mol. The molecule has 4 nitrogen and oxygen atoms in total. The third-order valence-electron chi connectivity index (χ3n) is 3.19. The van der Waals surface area contributed by atoms with Crippen LogP contribution in [-0.2, 0) is 0 Å². The molecule has 0 bridgehead atoms. The van der Waals surface area contributed by atoms with Crippen LogP contribution < -0.4 is 5.32 Å². The van der Waals surface area contributed by atoms with E-state index in [1.54, 1.807) is 6.20 Å². The third-order valence-corrected chi connectivity index (χ3v) is 3.19. The Balaban J connectivity index is 1.73. The number of likely N-dealkylation sites (tertiary alicyclic amines) is 1. The SMILES string of the molecule is Cc1cnnc(NCC(C)CN2CCCC2)c1. The molecule has 2 rings (SSSR count). The van der Waals surface area contributed by atoms with E-state index in [4.69, 9.17) is 0 Å². The molecule has 1 saturated heterocycles. The fraction of sp³-hybridized carbons (Fsp3) is 0.692. The zero-order valence-corrected chi connectivity index (χ0v) is 10.8. The molecule has 1 atom stereocenters. The number of aryl methyl sites for hydroxylation is 1. The van der Waals surface area contributed by atoms with E-state index in [1.807, 2.05) is 13.0 Å². The van der Waals surface area contributed by atoms with Crippen molar-refractivity contribution < 1.29 is 0 Å². The molecule has 0 saturated carbocycles. The van der Waals surface area contributed by atoms with Crippen molar-refractivity contribution in [3.05, 3.63) is 17.8 Å². The Morgan fingerprint density at radius 2 is 2.18 bits per heavy atom.